The first-order valence-corrected chi connectivity index (χ1v) is 16.9. The maximum Gasteiger partial charge on any atom is 0.320 e. The molecule has 0 unspecified atom stereocenters. The Bertz CT molecular complexity index is 2750. The molecule has 0 saturated heterocycles. The first kappa shape index (κ1) is 30.7. The summed E-state index contributed by atoms with van der Waals surface area (Å²) in [5.41, 5.74) is 18.1. The van der Waals surface area contributed by atoms with Gasteiger partial charge in [-0.05, 0) is 58.7 Å². The molecule has 0 amide bonds. The van der Waals surface area contributed by atoms with Crippen LogP contribution >= 0.6 is 0 Å². The number of hydrogen-bond acceptors (Lipinski definition) is 5. The fraction of sp³-hybridized carbons (Fsp3) is 0. The number of aromatic nitrogens is 4. The van der Waals surface area contributed by atoms with Gasteiger partial charge in [0.1, 0.15) is 11.4 Å². The molecule has 2 aliphatic rings. The van der Waals surface area contributed by atoms with Crippen LogP contribution in [0.15, 0.2) is 146 Å². The fourth-order valence-corrected chi connectivity index (χ4v) is 7.17. The van der Waals surface area contributed by atoms with Gasteiger partial charge in [-0.3, -0.25) is 10.1 Å². The van der Waals surface area contributed by atoms with E-state index in [2.05, 4.69) is 46.4 Å². The van der Waals surface area contributed by atoms with Crippen LogP contribution in [0.1, 0.15) is 22.8 Å². The third kappa shape index (κ3) is 5.18. The monoisotopic (exact) mass is 674 g/mol. The maximum absolute atomic E-state index is 13.0. The summed E-state index contributed by atoms with van der Waals surface area (Å²) in [5.74, 6) is 0. The van der Waals surface area contributed by atoms with E-state index in [0.29, 0.717) is 28.0 Å². The van der Waals surface area contributed by atoms with Gasteiger partial charge in [0, 0.05) is 44.3 Å². The zero-order valence-electron chi connectivity index (χ0n) is 27.7. The van der Waals surface area contributed by atoms with Crippen molar-refractivity contribution < 1.29 is 4.92 Å². The smallest absolute Gasteiger partial charge is 0.320 e. The molecular weight excluding hydrogens is 645 g/mol. The van der Waals surface area contributed by atoms with Crippen LogP contribution in [-0.4, -0.2) is 24.9 Å². The lowest BCUT2D eigenvalue weighted by atomic mass is 10.0. The minimum absolute atomic E-state index is 0.0229. The molecule has 0 saturated carbocycles. The number of fused-ring (bicyclic) bond motifs is 8. The van der Waals surface area contributed by atoms with Crippen molar-refractivity contribution >= 4 is 45.6 Å². The average Bonchev–Trinajstić information content (AvgIpc) is 4.00. The normalized spacial score (nSPS) is 12.3. The quantitative estimate of drug-likeness (QED) is 0.124. The van der Waals surface area contributed by atoms with Crippen LogP contribution in [0.4, 0.5) is 0 Å². The minimum Gasteiger partial charge on any atom is -0.391 e. The number of benzene rings is 4. The topological polar surface area (TPSA) is 127 Å². The summed E-state index contributed by atoms with van der Waals surface area (Å²) < 4.78 is 0. The van der Waals surface area contributed by atoms with Crippen molar-refractivity contribution in [3.8, 4) is 44.5 Å². The molecule has 0 spiro atoms. The molecule has 4 aromatic carbocycles. The molecule has 3 aromatic heterocycles. The fourth-order valence-electron chi connectivity index (χ4n) is 7.17. The van der Waals surface area contributed by atoms with E-state index in [1.165, 1.54) is 0 Å². The van der Waals surface area contributed by atoms with E-state index in [9.17, 15) is 10.1 Å². The number of H-pyrrole nitrogens is 2. The first-order chi connectivity index (χ1) is 25.5. The number of aromatic amines is 2. The highest BCUT2D eigenvalue weighted by Crippen LogP contribution is 2.42. The Morgan fingerprint density at radius 3 is 1.33 bits per heavy atom. The Morgan fingerprint density at radius 2 is 0.846 bits per heavy atom. The average molecular weight is 675 g/mol. The van der Waals surface area contributed by atoms with Crippen LogP contribution in [0.2, 0.25) is 0 Å². The van der Waals surface area contributed by atoms with Gasteiger partial charge in [-0.1, -0.05) is 121 Å². The molecule has 248 valence electrons. The zero-order valence-corrected chi connectivity index (χ0v) is 27.7. The van der Waals surface area contributed by atoms with Crippen molar-refractivity contribution in [1.29, 1.82) is 0 Å². The zero-order chi connectivity index (χ0) is 35.2. The molecule has 9 rings (SSSR count). The van der Waals surface area contributed by atoms with E-state index in [1.54, 1.807) is 0 Å². The summed E-state index contributed by atoms with van der Waals surface area (Å²) in [6.45, 7) is 0. The highest BCUT2D eigenvalue weighted by atomic mass is 16.6. The van der Waals surface area contributed by atoms with Gasteiger partial charge in [-0.15, -0.1) is 0 Å². The van der Waals surface area contributed by atoms with Gasteiger partial charge in [0.15, 0.2) is 5.69 Å². The maximum atomic E-state index is 13.0. The van der Waals surface area contributed by atoms with Crippen LogP contribution in [0, 0.1) is 10.1 Å². The van der Waals surface area contributed by atoms with E-state index in [-0.39, 0.29) is 17.1 Å². The number of nitrogens with two attached hydrogens (primary N) is 1. The van der Waals surface area contributed by atoms with Gasteiger partial charge < -0.3 is 15.7 Å². The molecule has 0 atom stereocenters. The van der Waals surface area contributed by atoms with E-state index in [1.807, 2.05) is 121 Å². The number of nitro groups is 1. The molecule has 8 nitrogen and oxygen atoms in total. The Hall–Kier alpha value is -7.32. The van der Waals surface area contributed by atoms with Crippen molar-refractivity contribution in [3.05, 3.63) is 178 Å². The van der Waals surface area contributed by atoms with Gasteiger partial charge in [0.2, 0.25) is 0 Å². The Labute approximate surface area is 298 Å². The Kier molecular flexibility index (Phi) is 7.40. The SMILES string of the molecule is NC1=C([N+](=O)[O-])c2nc1c(-c1ccccc1)c1nc(c(-c3ccccc3)c3ccc([nH]3)c(-c3ccccc3)c3ccc([nH]3)c2-c2ccccc2)C=C1. The lowest BCUT2D eigenvalue weighted by molar-refractivity contribution is -0.374. The number of hydrogen-bond donors (Lipinski definition) is 3. The second-order valence-electron chi connectivity index (χ2n) is 12.6. The van der Waals surface area contributed by atoms with Crippen molar-refractivity contribution in [1.82, 2.24) is 19.9 Å². The summed E-state index contributed by atoms with van der Waals surface area (Å²) in [7, 11) is 0. The van der Waals surface area contributed by atoms with Crippen LogP contribution in [0.3, 0.4) is 0 Å². The second kappa shape index (κ2) is 12.5. The molecule has 0 fully saturated rings. The van der Waals surface area contributed by atoms with Crippen LogP contribution in [0.25, 0.3) is 90.1 Å². The van der Waals surface area contributed by atoms with Crippen molar-refractivity contribution in [2.24, 2.45) is 5.73 Å². The number of rotatable bonds is 5. The summed E-state index contributed by atoms with van der Waals surface area (Å²) in [6, 6.07) is 47.7. The van der Waals surface area contributed by atoms with Gasteiger partial charge in [-0.2, -0.15) is 0 Å². The molecule has 2 aliphatic heterocycles. The third-order valence-corrected chi connectivity index (χ3v) is 9.47. The van der Waals surface area contributed by atoms with Crippen LogP contribution < -0.4 is 5.73 Å². The van der Waals surface area contributed by atoms with E-state index in [0.717, 1.165) is 55.6 Å². The molecule has 52 heavy (non-hydrogen) atoms. The van der Waals surface area contributed by atoms with Gasteiger partial charge >= 0.3 is 5.70 Å². The molecule has 7 aromatic rings. The highest BCUT2D eigenvalue weighted by Gasteiger charge is 2.34. The third-order valence-electron chi connectivity index (χ3n) is 9.47. The van der Waals surface area contributed by atoms with Crippen LogP contribution in [0.5, 0.6) is 0 Å². The number of nitrogens with zero attached hydrogens (tertiary/aromatic N) is 3. The summed E-state index contributed by atoms with van der Waals surface area (Å²) in [4.78, 5) is 30.3. The Morgan fingerprint density at radius 1 is 0.462 bits per heavy atom. The van der Waals surface area contributed by atoms with Gasteiger partial charge in [0.25, 0.3) is 0 Å². The molecule has 0 aliphatic carbocycles. The predicted molar refractivity (Wildman–Crippen MR) is 210 cm³/mol. The first-order valence-electron chi connectivity index (χ1n) is 16.9. The molecule has 4 N–H and O–H groups in total. The van der Waals surface area contributed by atoms with E-state index < -0.39 is 4.92 Å². The van der Waals surface area contributed by atoms with E-state index >= 15 is 0 Å². The Balaban J connectivity index is 1.54. The summed E-state index contributed by atoms with van der Waals surface area (Å²) in [6.07, 6.45) is 3.91. The standard InChI is InChI=1S/C44H30N6O2/c45-41-42-39(29-17-9-3-10-18-29)35-25-23-33(47-35)37(27-13-5-1-6-14-27)31-21-22-32(46-31)38(28-15-7-2-8-16-28)34-24-26-36(48-34)40(30-19-11-4-12-20-30)43(49-42)44(41)50(51)52/h1-26,46,48H,45H2. The lowest BCUT2D eigenvalue weighted by Crippen LogP contribution is -2.05. The summed E-state index contributed by atoms with van der Waals surface area (Å²) in [5, 5.41) is 13.0. The molecule has 8 heteroatoms. The van der Waals surface area contributed by atoms with Crippen LogP contribution in [-0.2, 0) is 0 Å². The molecule has 8 bridgehead atoms. The molecule has 5 heterocycles. The number of nitrogens with one attached hydrogen (secondary N) is 2. The van der Waals surface area contributed by atoms with Crippen molar-refractivity contribution in [3.63, 3.8) is 0 Å². The van der Waals surface area contributed by atoms with Crippen molar-refractivity contribution in [2.45, 2.75) is 0 Å². The van der Waals surface area contributed by atoms with Crippen molar-refractivity contribution in [2.75, 3.05) is 0 Å². The molecular formula is C44H30N6O2. The lowest BCUT2D eigenvalue weighted by Gasteiger charge is -2.07. The predicted octanol–water partition coefficient (Wildman–Crippen LogP) is 10.2. The minimum atomic E-state index is -0.433. The molecule has 0 radical (unpaired) electrons. The van der Waals surface area contributed by atoms with Gasteiger partial charge in [0.05, 0.1) is 16.3 Å². The van der Waals surface area contributed by atoms with E-state index in [4.69, 9.17) is 15.7 Å². The summed E-state index contributed by atoms with van der Waals surface area (Å²) >= 11 is 0. The second-order valence-corrected chi connectivity index (χ2v) is 12.6. The van der Waals surface area contributed by atoms with Gasteiger partial charge in [-0.25, -0.2) is 9.97 Å². The largest absolute Gasteiger partial charge is 0.391 e. The highest BCUT2D eigenvalue weighted by molar-refractivity contribution is 6.03.